The number of morpholine rings is 1. The number of aromatic amines is 1. The minimum atomic E-state index is -0.171. The van der Waals surface area contributed by atoms with Crippen molar-refractivity contribution in [2.24, 2.45) is 0 Å². The summed E-state index contributed by atoms with van der Waals surface area (Å²) in [5, 5.41) is 3.06. The van der Waals surface area contributed by atoms with Gasteiger partial charge in [-0.2, -0.15) is 0 Å². The van der Waals surface area contributed by atoms with Crippen molar-refractivity contribution in [3.05, 3.63) is 63.6 Å². The minimum absolute atomic E-state index is 0.115. The van der Waals surface area contributed by atoms with Gasteiger partial charge in [-0.15, -0.1) is 0 Å². The van der Waals surface area contributed by atoms with Gasteiger partial charge in [0.1, 0.15) is 0 Å². The van der Waals surface area contributed by atoms with E-state index in [-0.39, 0.29) is 23.8 Å². The second-order valence-corrected chi connectivity index (χ2v) is 8.02. The van der Waals surface area contributed by atoms with Crippen molar-refractivity contribution < 1.29 is 9.53 Å². The SMILES string of the molecule is CC1CN(Cc2ccccc2NC(=O)N2CCc3cc[nH]c(=O)c3C2)CC(C)O1. The number of ether oxygens (including phenoxy) is 1. The van der Waals surface area contributed by atoms with Crippen LogP contribution < -0.4 is 10.9 Å². The number of aromatic nitrogens is 1. The van der Waals surface area contributed by atoms with E-state index < -0.39 is 0 Å². The number of carbonyl (C=O) groups excluding carboxylic acids is 1. The zero-order valence-electron chi connectivity index (χ0n) is 17.0. The van der Waals surface area contributed by atoms with Crippen LogP contribution in [-0.4, -0.2) is 52.7 Å². The molecule has 2 aliphatic heterocycles. The highest BCUT2D eigenvalue weighted by Gasteiger charge is 2.25. The number of hydrogen-bond donors (Lipinski definition) is 2. The molecule has 1 saturated heterocycles. The number of anilines is 1. The molecule has 0 radical (unpaired) electrons. The maximum Gasteiger partial charge on any atom is 0.322 e. The number of para-hydroxylation sites is 1. The molecule has 2 aliphatic rings. The highest BCUT2D eigenvalue weighted by molar-refractivity contribution is 5.90. The summed E-state index contributed by atoms with van der Waals surface area (Å²) in [6.07, 6.45) is 2.76. The van der Waals surface area contributed by atoms with E-state index in [0.717, 1.165) is 36.4 Å². The molecule has 0 saturated carbocycles. The van der Waals surface area contributed by atoms with Crippen molar-refractivity contribution in [1.29, 1.82) is 0 Å². The summed E-state index contributed by atoms with van der Waals surface area (Å²) in [4.78, 5) is 31.8. The summed E-state index contributed by atoms with van der Waals surface area (Å²) in [6, 6.07) is 9.66. The van der Waals surface area contributed by atoms with Crippen molar-refractivity contribution >= 4 is 11.7 Å². The van der Waals surface area contributed by atoms with Crippen LogP contribution in [-0.2, 0) is 24.2 Å². The number of hydrogen-bond acceptors (Lipinski definition) is 4. The molecule has 3 heterocycles. The van der Waals surface area contributed by atoms with E-state index in [1.165, 1.54) is 0 Å². The maximum atomic E-state index is 12.9. The lowest BCUT2D eigenvalue weighted by atomic mass is 10.0. The average Bonchev–Trinajstić information content (AvgIpc) is 2.69. The number of rotatable bonds is 3. The third kappa shape index (κ3) is 4.52. The number of nitrogens with zero attached hydrogens (tertiary/aromatic N) is 2. The smallest absolute Gasteiger partial charge is 0.322 e. The fourth-order valence-electron chi connectivity index (χ4n) is 4.29. The number of nitrogens with one attached hydrogen (secondary N) is 2. The molecular weight excluding hydrogens is 368 g/mol. The molecule has 7 nitrogen and oxygen atoms in total. The number of urea groups is 1. The van der Waals surface area contributed by atoms with Crippen LogP contribution in [0.4, 0.5) is 10.5 Å². The molecular formula is C22H28N4O3. The molecule has 0 bridgehead atoms. The molecule has 2 aromatic rings. The monoisotopic (exact) mass is 396 g/mol. The summed E-state index contributed by atoms with van der Waals surface area (Å²) < 4.78 is 5.82. The highest BCUT2D eigenvalue weighted by Crippen LogP contribution is 2.22. The summed E-state index contributed by atoms with van der Waals surface area (Å²) in [7, 11) is 0. The van der Waals surface area contributed by atoms with Gasteiger partial charge in [0.05, 0.1) is 18.8 Å². The van der Waals surface area contributed by atoms with Crippen LogP contribution in [0.1, 0.15) is 30.5 Å². The van der Waals surface area contributed by atoms with Gasteiger partial charge in [0, 0.05) is 43.6 Å². The Kier molecular flexibility index (Phi) is 5.69. The maximum absolute atomic E-state index is 12.9. The number of carbonyl (C=O) groups is 1. The standard InChI is InChI=1S/C22H28N4O3/c1-15-11-25(12-16(2)29-15)13-18-5-3-4-6-20(18)24-22(28)26-10-8-17-7-9-23-21(27)19(17)14-26/h3-7,9,15-16H,8,10-14H2,1-2H3,(H,23,27)(H,24,28). The number of benzene rings is 1. The molecule has 154 valence electrons. The van der Waals surface area contributed by atoms with Crippen LogP contribution in [0.3, 0.4) is 0 Å². The molecule has 29 heavy (non-hydrogen) atoms. The van der Waals surface area contributed by atoms with Crippen LogP contribution >= 0.6 is 0 Å². The van der Waals surface area contributed by atoms with Crippen molar-refractivity contribution in [2.45, 2.75) is 45.6 Å². The van der Waals surface area contributed by atoms with Gasteiger partial charge in [0.15, 0.2) is 0 Å². The molecule has 1 fully saturated rings. The van der Waals surface area contributed by atoms with Gasteiger partial charge in [-0.05, 0) is 43.5 Å². The van der Waals surface area contributed by atoms with E-state index in [9.17, 15) is 9.59 Å². The third-order valence-corrected chi connectivity index (χ3v) is 5.60. The zero-order chi connectivity index (χ0) is 20.4. The van der Waals surface area contributed by atoms with E-state index in [0.29, 0.717) is 25.1 Å². The summed E-state index contributed by atoms with van der Waals surface area (Å²) in [5.74, 6) is 0. The predicted octanol–water partition coefficient (Wildman–Crippen LogP) is 2.57. The first-order valence-corrected chi connectivity index (χ1v) is 10.2. The first-order chi connectivity index (χ1) is 14.0. The average molecular weight is 396 g/mol. The van der Waals surface area contributed by atoms with Crippen LogP contribution in [0.5, 0.6) is 0 Å². The van der Waals surface area contributed by atoms with Crippen molar-refractivity contribution in [1.82, 2.24) is 14.8 Å². The molecule has 0 spiro atoms. The van der Waals surface area contributed by atoms with Gasteiger partial charge >= 0.3 is 6.03 Å². The molecule has 2 amide bonds. The Labute approximate surface area is 170 Å². The van der Waals surface area contributed by atoms with Crippen LogP contribution in [0.15, 0.2) is 41.3 Å². The van der Waals surface area contributed by atoms with Gasteiger partial charge in [0.25, 0.3) is 5.56 Å². The molecule has 1 aromatic carbocycles. The lowest BCUT2D eigenvalue weighted by Gasteiger charge is -2.35. The summed E-state index contributed by atoms with van der Waals surface area (Å²) in [6.45, 7) is 7.62. The molecule has 0 aliphatic carbocycles. The van der Waals surface area contributed by atoms with Gasteiger partial charge in [-0.1, -0.05) is 18.2 Å². The minimum Gasteiger partial charge on any atom is -0.373 e. The van der Waals surface area contributed by atoms with Gasteiger partial charge in [0.2, 0.25) is 0 Å². The molecule has 7 heteroatoms. The first kappa shape index (κ1) is 19.7. The Bertz CT molecular complexity index is 932. The Hall–Kier alpha value is -2.64. The molecule has 2 N–H and O–H groups in total. The lowest BCUT2D eigenvalue weighted by molar-refractivity contribution is -0.0704. The van der Waals surface area contributed by atoms with Crippen molar-refractivity contribution in [2.75, 3.05) is 25.0 Å². The van der Waals surface area contributed by atoms with Gasteiger partial charge in [-0.3, -0.25) is 9.69 Å². The molecule has 2 unspecified atom stereocenters. The van der Waals surface area contributed by atoms with E-state index in [2.05, 4.69) is 35.1 Å². The van der Waals surface area contributed by atoms with E-state index >= 15 is 0 Å². The van der Waals surface area contributed by atoms with E-state index in [4.69, 9.17) is 4.74 Å². The topological polar surface area (TPSA) is 77.7 Å². The molecule has 4 rings (SSSR count). The van der Waals surface area contributed by atoms with Gasteiger partial charge in [-0.25, -0.2) is 4.79 Å². The Morgan fingerprint density at radius 3 is 2.76 bits per heavy atom. The quantitative estimate of drug-likeness (QED) is 0.836. The number of fused-ring (bicyclic) bond motifs is 1. The summed E-state index contributed by atoms with van der Waals surface area (Å²) in [5.41, 5.74) is 3.48. The third-order valence-electron chi connectivity index (χ3n) is 5.60. The second-order valence-electron chi connectivity index (χ2n) is 8.02. The number of pyridine rings is 1. The van der Waals surface area contributed by atoms with Crippen LogP contribution in [0, 0.1) is 0 Å². The first-order valence-electron chi connectivity index (χ1n) is 10.2. The Balaban J connectivity index is 1.45. The Morgan fingerprint density at radius 1 is 1.21 bits per heavy atom. The Morgan fingerprint density at radius 2 is 1.97 bits per heavy atom. The zero-order valence-corrected chi connectivity index (χ0v) is 17.0. The fourth-order valence-corrected chi connectivity index (χ4v) is 4.29. The largest absolute Gasteiger partial charge is 0.373 e. The van der Waals surface area contributed by atoms with E-state index in [1.54, 1.807) is 11.1 Å². The van der Waals surface area contributed by atoms with Gasteiger partial charge < -0.3 is 19.9 Å². The fraction of sp³-hybridized carbons (Fsp3) is 0.455. The summed E-state index contributed by atoms with van der Waals surface area (Å²) >= 11 is 0. The van der Waals surface area contributed by atoms with Crippen molar-refractivity contribution in [3.63, 3.8) is 0 Å². The molecule has 1 aromatic heterocycles. The van der Waals surface area contributed by atoms with Crippen molar-refractivity contribution in [3.8, 4) is 0 Å². The number of amides is 2. The number of H-pyrrole nitrogens is 1. The molecule has 2 atom stereocenters. The van der Waals surface area contributed by atoms with E-state index in [1.807, 2.05) is 24.3 Å². The normalized spacial score (nSPS) is 22.2. The lowest BCUT2D eigenvalue weighted by Crippen LogP contribution is -2.45. The second kappa shape index (κ2) is 8.39. The predicted molar refractivity (Wildman–Crippen MR) is 112 cm³/mol. The highest BCUT2D eigenvalue weighted by atomic mass is 16.5. The van der Waals surface area contributed by atoms with Crippen LogP contribution in [0.2, 0.25) is 0 Å². The van der Waals surface area contributed by atoms with Crippen LogP contribution in [0.25, 0.3) is 0 Å².